The molecule has 6 nitrogen and oxygen atoms in total. The maximum atomic E-state index is 12.8. The molecule has 1 aliphatic rings. The summed E-state index contributed by atoms with van der Waals surface area (Å²) < 4.78 is 15.3. The highest BCUT2D eigenvalue weighted by Gasteiger charge is 2.27. The molecule has 0 aromatic heterocycles. The van der Waals surface area contributed by atoms with Gasteiger partial charge < -0.3 is 19.1 Å². The Morgan fingerprint density at radius 1 is 1.04 bits per heavy atom. The molecule has 0 unspecified atom stereocenters. The van der Waals surface area contributed by atoms with E-state index in [1.54, 1.807) is 39.5 Å². The topological polar surface area (TPSA) is 65.1 Å². The molecular weight excluding hydrogens is 366 g/mol. The number of carbonyl (C=O) groups excluding carboxylic acids is 2. The number of methoxy groups -OCH3 is 3. The molecule has 27 heavy (non-hydrogen) atoms. The molecule has 0 N–H and O–H groups in total. The summed E-state index contributed by atoms with van der Waals surface area (Å²) in [6, 6.07) is 10.6. The summed E-state index contributed by atoms with van der Waals surface area (Å²) in [6.07, 6.45) is 1.81. The predicted octanol–water partition coefficient (Wildman–Crippen LogP) is 3.60. The molecule has 0 saturated carbocycles. The molecule has 0 radical (unpaired) electrons. The minimum atomic E-state index is -0.435. The maximum absolute atomic E-state index is 12.8. The Hall–Kier alpha value is -2.93. The fourth-order valence-corrected chi connectivity index (χ4v) is 3.83. The lowest BCUT2D eigenvalue weighted by molar-refractivity contribution is -0.114. The number of benzene rings is 2. The third-order valence-electron chi connectivity index (χ3n) is 4.18. The summed E-state index contributed by atoms with van der Waals surface area (Å²) in [4.78, 5) is 27.5. The molecule has 0 saturated heterocycles. The van der Waals surface area contributed by atoms with Crippen molar-refractivity contribution in [2.45, 2.75) is 4.90 Å². The van der Waals surface area contributed by atoms with Crippen LogP contribution in [-0.2, 0) is 9.53 Å². The number of nitrogens with zero attached hydrogens (tertiary/aromatic N) is 1. The van der Waals surface area contributed by atoms with Crippen LogP contribution in [-0.4, -0.2) is 40.3 Å². The molecule has 2 aromatic carbocycles. The van der Waals surface area contributed by atoms with Gasteiger partial charge in [0.15, 0.2) is 11.5 Å². The molecule has 0 aliphatic carbocycles. The molecule has 0 fully saturated rings. The molecular formula is C20H19NO5S. The molecule has 140 valence electrons. The minimum absolute atomic E-state index is 0.149. The minimum Gasteiger partial charge on any atom is -0.493 e. The van der Waals surface area contributed by atoms with Crippen molar-refractivity contribution >= 4 is 35.4 Å². The monoisotopic (exact) mass is 385 g/mol. The van der Waals surface area contributed by atoms with Crippen LogP contribution in [0.25, 0.3) is 6.08 Å². The van der Waals surface area contributed by atoms with Gasteiger partial charge in [0.05, 0.1) is 37.5 Å². The van der Waals surface area contributed by atoms with Crippen molar-refractivity contribution in [2.24, 2.45) is 0 Å². The van der Waals surface area contributed by atoms with Crippen molar-refractivity contribution in [1.82, 2.24) is 0 Å². The second-order valence-electron chi connectivity index (χ2n) is 5.76. The van der Waals surface area contributed by atoms with E-state index in [2.05, 4.69) is 0 Å². The van der Waals surface area contributed by atoms with Gasteiger partial charge in [-0.25, -0.2) is 4.79 Å². The number of esters is 1. The first-order valence-electron chi connectivity index (χ1n) is 8.10. The highest BCUT2D eigenvalue weighted by Crippen LogP contribution is 2.42. The zero-order chi connectivity index (χ0) is 19.6. The predicted molar refractivity (Wildman–Crippen MR) is 105 cm³/mol. The largest absolute Gasteiger partial charge is 0.493 e. The smallest absolute Gasteiger partial charge is 0.337 e. The van der Waals surface area contributed by atoms with E-state index >= 15 is 0 Å². The van der Waals surface area contributed by atoms with Gasteiger partial charge in [-0.05, 0) is 42.0 Å². The number of fused-ring (bicyclic) bond motifs is 1. The van der Waals surface area contributed by atoms with Crippen molar-refractivity contribution < 1.29 is 23.8 Å². The number of hydrogen-bond acceptors (Lipinski definition) is 6. The number of likely N-dealkylation sites (N-methyl/N-ethyl adjacent to an activating group) is 1. The summed E-state index contributed by atoms with van der Waals surface area (Å²) in [7, 11) is 6.16. The van der Waals surface area contributed by atoms with Gasteiger partial charge in [-0.15, -0.1) is 0 Å². The molecule has 1 amide bonds. The van der Waals surface area contributed by atoms with E-state index < -0.39 is 5.97 Å². The quantitative estimate of drug-likeness (QED) is 0.592. The van der Waals surface area contributed by atoms with Crippen LogP contribution in [0.15, 0.2) is 46.2 Å². The number of rotatable bonds is 4. The molecule has 7 heteroatoms. The first kappa shape index (κ1) is 18.8. The van der Waals surface area contributed by atoms with Crippen LogP contribution in [0.1, 0.15) is 15.9 Å². The second-order valence-corrected chi connectivity index (χ2v) is 6.85. The first-order valence-corrected chi connectivity index (χ1v) is 8.92. The lowest BCUT2D eigenvalue weighted by Crippen LogP contribution is -2.30. The summed E-state index contributed by atoms with van der Waals surface area (Å²) in [5.41, 5.74) is 1.91. The van der Waals surface area contributed by atoms with Crippen LogP contribution in [0, 0.1) is 0 Å². The zero-order valence-corrected chi connectivity index (χ0v) is 16.3. The standard InChI is InChI=1S/C20H19NO5S/c1-21-14-11-13(20(23)26-4)6-8-17(14)27-18(19(21)22)10-12-5-7-15(24-2)16(9-12)25-3/h5-11H,1-4H3. The Kier molecular flexibility index (Phi) is 5.41. The summed E-state index contributed by atoms with van der Waals surface area (Å²) in [5, 5.41) is 0. The first-order chi connectivity index (χ1) is 13.0. The number of anilines is 1. The second kappa shape index (κ2) is 7.75. The average Bonchev–Trinajstić information content (AvgIpc) is 2.70. The number of thioether (sulfide) groups is 1. The Balaban J connectivity index is 1.97. The number of hydrogen-bond donors (Lipinski definition) is 0. The van der Waals surface area contributed by atoms with Gasteiger partial charge in [0.1, 0.15) is 0 Å². The highest BCUT2D eigenvalue weighted by atomic mass is 32.2. The van der Waals surface area contributed by atoms with E-state index in [-0.39, 0.29) is 5.91 Å². The zero-order valence-electron chi connectivity index (χ0n) is 15.4. The molecule has 2 aromatic rings. The number of ether oxygens (including phenoxy) is 3. The fraction of sp³-hybridized carbons (Fsp3) is 0.200. The van der Waals surface area contributed by atoms with Crippen molar-refractivity contribution in [3.05, 3.63) is 52.4 Å². The van der Waals surface area contributed by atoms with E-state index in [4.69, 9.17) is 14.2 Å². The van der Waals surface area contributed by atoms with Gasteiger partial charge in [0.2, 0.25) is 0 Å². The molecule has 0 bridgehead atoms. The summed E-state index contributed by atoms with van der Waals surface area (Å²) >= 11 is 1.36. The van der Waals surface area contributed by atoms with Crippen LogP contribution in [0.2, 0.25) is 0 Å². The van der Waals surface area contributed by atoms with Gasteiger partial charge in [-0.2, -0.15) is 0 Å². The van der Waals surface area contributed by atoms with Crippen LogP contribution < -0.4 is 14.4 Å². The lowest BCUT2D eigenvalue weighted by atomic mass is 10.1. The van der Waals surface area contributed by atoms with Crippen molar-refractivity contribution in [2.75, 3.05) is 33.3 Å². The molecule has 1 heterocycles. The van der Waals surface area contributed by atoms with Crippen LogP contribution in [0.5, 0.6) is 11.5 Å². The van der Waals surface area contributed by atoms with Gasteiger partial charge in [-0.1, -0.05) is 17.8 Å². The SMILES string of the molecule is COC(=O)c1ccc2c(c1)N(C)C(=O)C(=Cc1ccc(OC)c(OC)c1)S2. The van der Waals surface area contributed by atoms with E-state index in [9.17, 15) is 9.59 Å². The highest BCUT2D eigenvalue weighted by molar-refractivity contribution is 8.04. The number of carbonyl (C=O) groups is 2. The van der Waals surface area contributed by atoms with Gasteiger partial charge in [0, 0.05) is 11.9 Å². The van der Waals surface area contributed by atoms with Crippen molar-refractivity contribution in [3.8, 4) is 11.5 Å². The van der Waals surface area contributed by atoms with E-state index in [1.807, 2.05) is 24.3 Å². The Morgan fingerprint density at radius 3 is 2.44 bits per heavy atom. The third kappa shape index (κ3) is 3.64. The Labute approximate surface area is 161 Å². The van der Waals surface area contributed by atoms with E-state index in [0.29, 0.717) is 27.7 Å². The lowest BCUT2D eigenvalue weighted by Gasteiger charge is -2.27. The summed E-state index contributed by atoms with van der Waals surface area (Å²) in [5.74, 6) is 0.635. The van der Waals surface area contributed by atoms with Crippen LogP contribution in [0.3, 0.4) is 0 Å². The van der Waals surface area contributed by atoms with Crippen molar-refractivity contribution in [1.29, 1.82) is 0 Å². The molecule has 3 rings (SSSR count). The third-order valence-corrected chi connectivity index (χ3v) is 5.26. The van der Waals surface area contributed by atoms with Gasteiger partial charge in [0.25, 0.3) is 5.91 Å². The molecule has 0 atom stereocenters. The Bertz CT molecular complexity index is 938. The van der Waals surface area contributed by atoms with E-state index in [0.717, 1.165) is 10.5 Å². The normalized spacial score (nSPS) is 14.7. The van der Waals surface area contributed by atoms with E-state index in [1.165, 1.54) is 23.8 Å². The number of amides is 1. The molecule has 0 spiro atoms. The fourth-order valence-electron chi connectivity index (χ4n) is 2.73. The van der Waals surface area contributed by atoms with Crippen LogP contribution >= 0.6 is 11.8 Å². The Morgan fingerprint density at radius 2 is 1.78 bits per heavy atom. The van der Waals surface area contributed by atoms with Gasteiger partial charge >= 0.3 is 5.97 Å². The average molecular weight is 385 g/mol. The maximum Gasteiger partial charge on any atom is 0.337 e. The van der Waals surface area contributed by atoms with Crippen LogP contribution in [0.4, 0.5) is 5.69 Å². The van der Waals surface area contributed by atoms with Crippen molar-refractivity contribution in [3.63, 3.8) is 0 Å². The molecule has 1 aliphatic heterocycles. The van der Waals surface area contributed by atoms with Gasteiger partial charge in [-0.3, -0.25) is 4.79 Å². The summed E-state index contributed by atoms with van der Waals surface area (Å²) in [6.45, 7) is 0.